The summed E-state index contributed by atoms with van der Waals surface area (Å²) in [6.45, 7) is 7.54. The molecule has 33 heavy (non-hydrogen) atoms. The zero-order valence-corrected chi connectivity index (χ0v) is 20.3. The number of amides is 1. The number of nitrogens with one attached hydrogen (secondary N) is 2. The Kier molecular flexibility index (Phi) is 7.60. The number of nitrogens with zero attached hydrogens (tertiary/aromatic N) is 3. The molecule has 1 aliphatic rings. The lowest BCUT2D eigenvalue weighted by Crippen LogP contribution is -2.44. The number of halogens is 1. The second-order valence-corrected chi connectivity index (χ2v) is 9.31. The topological polar surface area (TPSA) is 75.2 Å². The first-order chi connectivity index (χ1) is 15.9. The minimum Gasteiger partial charge on any atom is -0.373 e. The van der Waals surface area contributed by atoms with Gasteiger partial charge in [-0.2, -0.15) is 5.10 Å². The van der Waals surface area contributed by atoms with Crippen LogP contribution in [-0.4, -0.2) is 50.9 Å². The van der Waals surface area contributed by atoms with Gasteiger partial charge in [-0.3, -0.25) is 19.4 Å². The third-order valence-corrected chi connectivity index (χ3v) is 6.14. The van der Waals surface area contributed by atoms with Gasteiger partial charge in [0.15, 0.2) is 10.6 Å². The molecule has 9 heteroatoms. The number of hydrogen-bond donors (Lipinski definition) is 2. The summed E-state index contributed by atoms with van der Waals surface area (Å²) in [5.74, 6) is 0.464. The molecular formula is C24H28ClN5O2S. The molecule has 0 bridgehead atoms. The minimum atomic E-state index is -0.136. The second-order valence-electron chi connectivity index (χ2n) is 8.49. The van der Waals surface area contributed by atoms with Crippen LogP contribution in [0.15, 0.2) is 48.5 Å². The van der Waals surface area contributed by atoms with E-state index in [1.807, 2.05) is 12.1 Å². The van der Waals surface area contributed by atoms with Gasteiger partial charge >= 0.3 is 0 Å². The van der Waals surface area contributed by atoms with Crippen molar-refractivity contribution in [3.05, 3.63) is 69.5 Å². The Labute approximate surface area is 203 Å². The number of aromatic nitrogens is 3. The second kappa shape index (κ2) is 10.6. The average Bonchev–Trinajstić information content (AvgIpc) is 3.13. The van der Waals surface area contributed by atoms with Crippen molar-refractivity contribution >= 4 is 29.7 Å². The highest BCUT2D eigenvalue weighted by Gasteiger charge is 2.22. The Hall–Kier alpha value is -2.52. The third-order valence-electron chi connectivity index (χ3n) is 5.58. The van der Waals surface area contributed by atoms with Crippen molar-refractivity contribution in [1.82, 2.24) is 25.0 Å². The van der Waals surface area contributed by atoms with Crippen molar-refractivity contribution in [3.8, 4) is 11.4 Å². The molecule has 0 saturated carbocycles. The molecule has 3 aromatic rings. The third kappa shape index (κ3) is 6.29. The van der Waals surface area contributed by atoms with Crippen LogP contribution in [0, 0.1) is 4.77 Å². The van der Waals surface area contributed by atoms with Crippen LogP contribution >= 0.6 is 23.8 Å². The number of rotatable bonds is 7. The van der Waals surface area contributed by atoms with Gasteiger partial charge in [0, 0.05) is 36.8 Å². The van der Waals surface area contributed by atoms with E-state index >= 15 is 0 Å². The van der Waals surface area contributed by atoms with Crippen LogP contribution in [0.3, 0.4) is 0 Å². The van der Waals surface area contributed by atoms with Gasteiger partial charge < -0.3 is 10.1 Å². The van der Waals surface area contributed by atoms with E-state index in [0.29, 0.717) is 22.2 Å². The summed E-state index contributed by atoms with van der Waals surface area (Å²) in [6, 6.07) is 15.6. The van der Waals surface area contributed by atoms with E-state index in [2.05, 4.69) is 58.5 Å². The quantitative estimate of drug-likeness (QED) is 0.491. The van der Waals surface area contributed by atoms with Crippen LogP contribution < -0.4 is 5.32 Å². The van der Waals surface area contributed by atoms with Crippen molar-refractivity contribution < 1.29 is 9.53 Å². The van der Waals surface area contributed by atoms with Crippen molar-refractivity contribution in [2.45, 2.75) is 45.7 Å². The molecule has 0 aliphatic carbocycles. The fourth-order valence-corrected chi connectivity index (χ4v) is 4.44. The number of morpholine rings is 1. The van der Waals surface area contributed by atoms with Gasteiger partial charge in [0.25, 0.3) is 0 Å². The summed E-state index contributed by atoms with van der Waals surface area (Å²) in [5.41, 5.74) is 3.13. The van der Waals surface area contributed by atoms with Gasteiger partial charge in [0.05, 0.1) is 12.2 Å². The fourth-order valence-electron chi connectivity index (χ4n) is 4.12. The number of benzene rings is 2. The largest absolute Gasteiger partial charge is 0.373 e. The highest BCUT2D eigenvalue weighted by Crippen LogP contribution is 2.20. The van der Waals surface area contributed by atoms with Crippen LogP contribution in [0.25, 0.3) is 11.4 Å². The van der Waals surface area contributed by atoms with Crippen LogP contribution in [0.5, 0.6) is 0 Å². The molecule has 2 atom stereocenters. The van der Waals surface area contributed by atoms with Gasteiger partial charge in [-0.05, 0) is 61.5 Å². The normalized spacial score (nSPS) is 18.9. The van der Waals surface area contributed by atoms with Gasteiger partial charge in [0.1, 0.15) is 6.54 Å². The summed E-state index contributed by atoms with van der Waals surface area (Å²) in [6.07, 6.45) is 0.513. The number of hydrogen-bond acceptors (Lipinski definition) is 5. The molecule has 0 spiro atoms. The van der Waals surface area contributed by atoms with Crippen LogP contribution in [0.1, 0.15) is 25.0 Å². The maximum Gasteiger partial charge on any atom is 0.240 e. The monoisotopic (exact) mass is 485 g/mol. The van der Waals surface area contributed by atoms with Crippen LogP contribution in [0.2, 0.25) is 5.02 Å². The predicted octanol–water partition coefficient (Wildman–Crippen LogP) is 4.19. The first-order valence-corrected chi connectivity index (χ1v) is 11.8. The number of ether oxygens (including phenoxy) is 1. The van der Waals surface area contributed by atoms with Crippen molar-refractivity contribution in [2.75, 3.05) is 13.1 Å². The first kappa shape index (κ1) is 23.6. The number of carbonyl (C=O) groups excluding carboxylic acids is 1. The molecule has 2 aromatic carbocycles. The van der Waals surface area contributed by atoms with Crippen molar-refractivity contribution in [3.63, 3.8) is 0 Å². The van der Waals surface area contributed by atoms with E-state index < -0.39 is 0 Å². The maximum absolute atomic E-state index is 12.6. The predicted molar refractivity (Wildman–Crippen MR) is 131 cm³/mol. The lowest BCUT2D eigenvalue weighted by molar-refractivity contribution is -0.121. The summed E-state index contributed by atoms with van der Waals surface area (Å²) in [5, 5.41) is 10.6. The molecule has 0 radical (unpaired) electrons. The highest BCUT2D eigenvalue weighted by atomic mass is 35.5. The number of H-pyrrole nitrogens is 1. The summed E-state index contributed by atoms with van der Waals surface area (Å²) in [4.78, 5) is 15.0. The smallest absolute Gasteiger partial charge is 0.240 e. The zero-order valence-electron chi connectivity index (χ0n) is 18.8. The van der Waals surface area contributed by atoms with E-state index in [1.165, 1.54) is 5.56 Å². The van der Waals surface area contributed by atoms with E-state index in [-0.39, 0.29) is 24.7 Å². The molecule has 4 rings (SSSR count). The van der Waals surface area contributed by atoms with Gasteiger partial charge in [-0.1, -0.05) is 35.9 Å². The zero-order chi connectivity index (χ0) is 23.4. The Bertz CT molecular complexity index is 1130. The van der Waals surface area contributed by atoms with Gasteiger partial charge in [-0.25, -0.2) is 0 Å². The van der Waals surface area contributed by atoms with Gasteiger partial charge in [0.2, 0.25) is 5.91 Å². The lowest BCUT2D eigenvalue weighted by atomic mass is 10.1. The molecule has 1 aliphatic heterocycles. The summed E-state index contributed by atoms with van der Waals surface area (Å²) < 4.78 is 7.88. The molecule has 1 aromatic heterocycles. The highest BCUT2D eigenvalue weighted by molar-refractivity contribution is 7.71. The summed E-state index contributed by atoms with van der Waals surface area (Å²) in [7, 11) is 0. The molecule has 1 amide bonds. The van der Waals surface area contributed by atoms with E-state index in [9.17, 15) is 4.79 Å². The molecule has 1 saturated heterocycles. The summed E-state index contributed by atoms with van der Waals surface area (Å²) >= 11 is 11.3. The molecule has 2 unspecified atom stereocenters. The maximum atomic E-state index is 12.6. The molecule has 7 nitrogen and oxygen atoms in total. The van der Waals surface area contributed by atoms with Crippen molar-refractivity contribution in [2.24, 2.45) is 0 Å². The average molecular weight is 486 g/mol. The number of aromatic amines is 1. The first-order valence-electron chi connectivity index (χ1n) is 11.0. The number of carbonyl (C=O) groups is 1. The van der Waals surface area contributed by atoms with Crippen molar-refractivity contribution in [1.29, 1.82) is 0 Å². The van der Waals surface area contributed by atoms with Crippen LogP contribution in [0.4, 0.5) is 0 Å². The van der Waals surface area contributed by atoms with E-state index in [1.54, 1.807) is 16.7 Å². The van der Waals surface area contributed by atoms with Crippen LogP contribution in [-0.2, 0) is 29.2 Å². The SMILES string of the molecule is CC1CN(Cc2ccc(CNC(=O)Cn3c(-c4ccc(Cl)cc4)n[nH]c3=S)cc2)CC(C)O1. The van der Waals surface area contributed by atoms with E-state index in [0.717, 1.165) is 30.8 Å². The van der Waals surface area contributed by atoms with E-state index in [4.69, 9.17) is 28.6 Å². The Morgan fingerprint density at radius 3 is 2.42 bits per heavy atom. The molecular weight excluding hydrogens is 458 g/mol. The molecule has 1 fully saturated rings. The molecule has 2 N–H and O–H groups in total. The fraction of sp³-hybridized carbons (Fsp3) is 0.375. The Morgan fingerprint density at radius 2 is 1.76 bits per heavy atom. The lowest BCUT2D eigenvalue weighted by Gasteiger charge is -2.35. The molecule has 2 heterocycles. The van der Waals surface area contributed by atoms with Gasteiger partial charge in [-0.15, -0.1) is 0 Å². The molecule has 174 valence electrons. The minimum absolute atomic E-state index is 0.0821. The Balaban J connectivity index is 1.32. The standard InChI is InChI=1S/C24H28ClN5O2S/c1-16-12-29(13-17(2)32-16)14-19-5-3-18(4-6-19)11-26-22(31)15-30-23(27-28-24(30)33)20-7-9-21(25)10-8-20/h3-10,16-17H,11-15H2,1-2H3,(H,26,31)(H,28,33). The Morgan fingerprint density at radius 1 is 1.12 bits per heavy atom.